The molecule has 0 saturated heterocycles. The van der Waals surface area contributed by atoms with Crippen molar-refractivity contribution in [1.82, 2.24) is 10.0 Å². The first-order valence-electron chi connectivity index (χ1n) is 6.55. The minimum absolute atomic E-state index is 0.145. The lowest BCUT2D eigenvalue weighted by Crippen LogP contribution is -2.49. The second-order valence-corrected chi connectivity index (χ2v) is 5.72. The Morgan fingerprint density at radius 1 is 1.21 bits per heavy atom. The van der Waals surface area contributed by atoms with Crippen LogP contribution in [0.3, 0.4) is 0 Å². The van der Waals surface area contributed by atoms with Gasteiger partial charge in [0, 0.05) is 17.9 Å². The van der Waals surface area contributed by atoms with E-state index < -0.39 is 0 Å². The van der Waals surface area contributed by atoms with E-state index in [2.05, 4.69) is 37.0 Å². The monoisotopic (exact) mass is 254 g/mol. The standard InChI is InChI=1S/C16H18N2O/c1-16(2)10-12-6-3-4-8-14(12)15(18(16)19)13-7-5-9-17-11-13/h3-9,11,15,19H,10H2,1-2H3. The number of pyridine rings is 1. The summed E-state index contributed by atoms with van der Waals surface area (Å²) in [5.74, 6) is 0. The van der Waals surface area contributed by atoms with Gasteiger partial charge in [0.1, 0.15) is 0 Å². The predicted octanol–water partition coefficient (Wildman–Crippen LogP) is 3.20. The normalized spacial score (nSPS) is 21.9. The van der Waals surface area contributed by atoms with Gasteiger partial charge in [-0.25, -0.2) is 0 Å². The fraction of sp³-hybridized carbons (Fsp3) is 0.312. The van der Waals surface area contributed by atoms with Gasteiger partial charge in [-0.3, -0.25) is 4.98 Å². The van der Waals surface area contributed by atoms with E-state index in [4.69, 9.17) is 0 Å². The molecule has 19 heavy (non-hydrogen) atoms. The molecule has 0 saturated carbocycles. The second kappa shape index (κ2) is 4.44. The molecule has 3 heteroatoms. The van der Waals surface area contributed by atoms with E-state index in [9.17, 15) is 5.21 Å². The zero-order chi connectivity index (χ0) is 13.5. The van der Waals surface area contributed by atoms with E-state index in [0.29, 0.717) is 0 Å². The zero-order valence-electron chi connectivity index (χ0n) is 11.2. The number of nitrogens with zero attached hydrogens (tertiary/aromatic N) is 2. The van der Waals surface area contributed by atoms with Gasteiger partial charge in [-0.1, -0.05) is 30.3 Å². The van der Waals surface area contributed by atoms with E-state index in [0.717, 1.165) is 17.5 Å². The van der Waals surface area contributed by atoms with Crippen molar-refractivity contribution in [3.63, 3.8) is 0 Å². The molecule has 2 heterocycles. The number of rotatable bonds is 1. The van der Waals surface area contributed by atoms with Crippen LogP contribution in [0.5, 0.6) is 0 Å². The third kappa shape index (κ3) is 2.05. The Hall–Kier alpha value is -1.71. The Balaban J connectivity index is 2.16. The third-order valence-electron chi connectivity index (χ3n) is 3.84. The lowest BCUT2D eigenvalue weighted by Gasteiger charge is -2.44. The molecule has 1 N–H and O–H groups in total. The molecule has 1 aliphatic heterocycles. The predicted molar refractivity (Wildman–Crippen MR) is 73.9 cm³/mol. The van der Waals surface area contributed by atoms with Crippen LogP contribution >= 0.6 is 0 Å². The van der Waals surface area contributed by atoms with Gasteiger partial charge in [0.15, 0.2) is 0 Å². The maximum atomic E-state index is 10.6. The van der Waals surface area contributed by atoms with Crippen LogP contribution in [0.15, 0.2) is 48.8 Å². The average Bonchev–Trinajstić information content (AvgIpc) is 2.41. The molecule has 1 aromatic heterocycles. The first kappa shape index (κ1) is 12.3. The molecule has 3 nitrogen and oxygen atoms in total. The van der Waals surface area contributed by atoms with E-state index in [1.54, 1.807) is 6.20 Å². The molecular formula is C16H18N2O. The maximum Gasteiger partial charge on any atom is 0.0873 e. The number of benzene rings is 1. The summed E-state index contributed by atoms with van der Waals surface area (Å²) in [6, 6.07) is 12.1. The van der Waals surface area contributed by atoms with Gasteiger partial charge in [0.2, 0.25) is 0 Å². The molecule has 0 aliphatic carbocycles. The molecule has 1 atom stereocenters. The number of hydrogen-bond donors (Lipinski definition) is 1. The van der Waals surface area contributed by atoms with Crippen LogP contribution in [0.2, 0.25) is 0 Å². The van der Waals surface area contributed by atoms with Crippen LogP contribution in [0.4, 0.5) is 0 Å². The highest BCUT2D eigenvalue weighted by atomic mass is 16.5. The summed E-state index contributed by atoms with van der Waals surface area (Å²) in [7, 11) is 0. The Morgan fingerprint density at radius 3 is 2.74 bits per heavy atom. The van der Waals surface area contributed by atoms with Crippen LogP contribution < -0.4 is 0 Å². The summed E-state index contributed by atoms with van der Waals surface area (Å²) in [5, 5.41) is 12.1. The Labute approximate surface area is 113 Å². The summed E-state index contributed by atoms with van der Waals surface area (Å²) in [6.07, 6.45) is 4.42. The molecule has 0 amide bonds. The summed E-state index contributed by atoms with van der Waals surface area (Å²) in [4.78, 5) is 4.18. The summed E-state index contributed by atoms with van der Waals surface area (Å²) >= 11 is 0. The van der Waals surface area contributed by atoms with Gasteiger partial charge < -0.3 is 5.21 Å². The van der Waals surface area contributed by atoms with Gasteiger partial charge >= 0.3 is 0 Å². The fourth-order valence-corrected chi connectivity index (χ4v) is 2.85. The minimum Gasteiger partial charge on any atom is -0.313 e. The molecule has 0 spiro atoms. The second-order valence-electron chi connectivity index (χ2n) is 5.72. The minimum atomic E-state index is -0.283. The molecule has 1 unspecified atom stereocenters. The third-order valence-corrected chi connectivity index (χ3v) is 3.84. The SMILES string of the molecule is CC1(C)Cc2ccccc2C(c2cccnc2)N1O. The first-order valence-corrected chi connectivity index (χ1v) is 6.55. The van der Waals surface area contributed by atoms with E-state index in [1.165, 1.54) is 10.6 Å². The Bertz CT molecular complexity index is 580. The van der Waals surface area contributed by atoms with Gasteiger partial charge in [-0.15, -0.1) is 0 Å². The highest BCUT2D eigenvalue weighted by molar-refractivity contribution is 5.40. The topological polar surface area (TPSA) is 36.4 Å². The van der Waals surface area contributed by atoms with E-state index in [1.807, 2.05) is 24.4 Å². The van der Waals surface area contributed by atoms with Crippen LogP contribution in [0.1, 0.15) is 36.6 Å². The molecule has 0 radical (unpaired) electrons. The quantitative estimate of drug-likeness (QED) is 0.849. The average molecular weight is 254 g/mol. The Kier molecular flexibility index (Phi) is 2.88. The highest BCUT2D eigenvalue weighted by Crippen LogP contribution is 2.40. The zero-order valence-corrected chi connectivity index (χ0v) is 11.2. The summed E-state index contributed by atoms with van der Waals surface area (Å²) in [5.41, 5.74) is 3.20. The molecular weight excluding hydrogens is 236 g/mol. The van der Waals surface area contributed by atoms with Crippen molar-refractivity contribution in [1.29, 1.82) is 0 Å². The van der Waals surface area contributed by atoms with Gasteiger partial charge in [0.05, 0.1) is 6.04 Å². The van der Waals surface area contributed by atoms with Crippen molar-refractivity contribution in [3.05, 3.63) is 65.5 Å². The highest BCUT2D eigenvalue weighted by Gasteiger charge is 2.39. The number of fused-ring (bicyclic) bond motifs is 1. The molecule has 3 rings (SSSR count). The van der Waals surface area contributed by atoms with Crippen molar-refractivity contribution in [2.24, 2.45) is 0 Å². The number of hydrogen-bond acceptors (Lipinski definition) is 3. The summed E-state index contributed by atoms with van der Waals surface area (Å²) in [6.45, 7) is 4.12. The lowest BCUT2D eigenvalue weighted by atomic mass is 9.81. The number of aromatic nitrogens is 1. The van der Waals surface area contributed by atoms with E-state index in [-0.39, 0.29) is 11.6 Å². The van der Waals surface area contributed by atoms with Gasteiger partial charge in [-0.2, -0.15) is 5.06 Å². The smallest absolute Gasteiger partial charge is 0.0873 e. The largest absolute Gasteiger partial charge is 0.313 e. The van der Waals surface area contributed by atoms with Crippen LogP contribution in [-0.4, -0.2) is 20.8 Å². The first-order chi connectivity index (χ1) is 9.09. The van der Waals surface area contributed by atoms with E-state index >= 15 is 0 Å². The van der Waals surface area contributed by atoms with Gasteiger partial charge in [0.25, 0.3) is 0 Å². The number of hydroxylamine groups is 2. The molecule has 0 bridgehead atoms. The van der Waals surface area contributed by atoms with Crippen molar-refractivity contribution < 1.29 is 5.21 Å². The van der Waals surface area contributed by atoms with Crippen LogP contribution in [-0.2, 0) is 6.42 Å². The van der Waals surface area contributed by atoms with Gasteiger partial charge in [-0.05, 0) is 43.0 Å². The van der Waals surface area contributed by atoms with Crippen molar-refractivity contribution in [2.75, 3.05) is 0 Å². The summed E-state index contributed by atoms with van der Waals surface area (Å²) < 4.78 is 0. The maximum absolute atomic E-state index is 10.6. The molecule has 2 aromatic rings. The van der Waals surface area contributed by atoms with Crippen molar-refractivity contribution in [3.8, 4) is 0 Å². The molecule has 1 aromatic carbocycles. The fourth-order valence-electron chi connectivity index (χ4n) is 2.85. The van der Waals surface area contributed by atoms with Crippen LogP contribution in [0.25, 0.3) is 0 Å². The van der Waals surface area contributed by atoms with Crippen LogP contribution in [0, 0.1) is 0 Å². The van der Waals surface area contributed by atoms with Crippen molar-refractivity contribution in [2.45, 2.75) is 31.8 Å². The molecule has 98 valence electrons. The Morgan fingerprint density at radius 2 is 2.00 bits per heavy atom. The molecule has 0 fully saturated rings. The lowest BCUT2D eigenvalue weighted by molar-refractivity contribution is -0.191. The van der Waals surface area contributed by atoms with Crippen molar-refractivity contribution >= 4 is 0 Å². The molecule has 1 aliphatic rings.